The van der Waals surface area contributed by atoms with Gasteiger partial charge in [-0.05, 0) is 37.1 Å². The van der Waals surface area contributed by atoms with Crippen LogP contribution in [0.4, 0.5) is 5.69 Å². The van der Waals surface area contributed by atoms with E-state index >= 15 is 0 Å². The summed E-state index contributed by atoms with van der Waals surface area (Å²) < 4.78 is 19.1. The topological polar surface area (TPSA) is 65.8 Å². The minimum absolute atomic E-state index is 0.567. The maximum Gasteiger partial charge on any atom is 0.0959 e. The maximum atomic E-state index is 11.6. The zero-order chi connectivity index (χ0) is 14.2. The van der Waals surface area contributed by atoms with Crippen LogP contribution in [-0.4, -0.2) is 15.4 Å². The fraction of sp³-hybridized carbons (Fsp3) is 0.357. The summed E-state index contributed by atoms with van der Waals surface area (Å²) >= 11 is 1.78. The van der Waals surface area contributed by atoms with Crippen molar-refractivity contribution in [2.24, 2.45) is 0 Å². The largest absolute Gasteiger partial charge is 0.380 e. The van der Waals surface area contributed by atoms with E-state index in [0.29, 0.717) is 10.8 Å². The molecule has 3 rings (SSSR count). The lowest BCUT2D eigenvalue weighted by Gasteiger charge is -2.06. The fourth-order valence-corrected chi connectivity index (χ4v) is 3.63. The average Bonchev–Trinajstić information content (AvgIpc) is 3.15. The Hall–Kier alpha value is -1.40. The third kappa shape index (κ3) is 3.19. The molecule has 0 spiro atoms. The molecule has 1 aromatic heterocycles. The van der Waals surface area contributed by atoms with Crippen molar-refractivity contribution in [3.63, 3.8) is 0 Å². The van der Waals surface area contributed by atoms with Crippen molar-refractivity contribution in [2.75, 3.05) is 11.6 Å². The number of aromatic nitrogens is 1. The standard InChI is InChI=1S/C14H17N3OS2/c1-20(15,18)13-6-4-11(5-7-13)16-8-12-9-17-14(19-12)10-2-3-10/h4-7,9-10,15-16H,2-3,8H2,1H3. The van der Waals surface area contributed by atoms with Crippen molar-refractivity contribution in [1.29, 1.82) is 4.78 Å². The van der Waals surface area contributed by atoms with E-state index in [1.807, 2.05) is 18.3 Å². The van der Waals surface area contributed by atoms with Crippen LogP contribution < -0.4 is 5.32 Å². The smallest absolute Gasteiger partial charge is 0.0959 e. The second kappa shape index (κ2) is 5.18. The molecule has 20 heavy (non-hydrogen) atoms. The molecule has 1 heterocycles. The minimum Gasteiger partial charge on any atom is -0.380 e. The molecule has 0 radical (unpaired) electrons. The van der Waals surface area contributed by atoms with Gasteiger partial charge in [-0.3, -0.25) is 0 Å². The van der Waals surface area contributed by atoms with Crippen molar-refractivity contribution in [3.8, 4) is 0 Å². The molecular formula is C14H17N3OS2. The zero-order valence-corrected chi connectivity index (χ0v) is 12.9. The molecule has 1 fully saturated rings. The Kier molecular flexibility index (Phi) is 3.52. The van der Waals surface area contributed by atoms with Crippen LogP contribution in [0.1, 0.15) is 28.6 Å². The van der Waals surface area contributed by atoms with Crippen LogP contribution in [-0.2, 0) is 16.3 Å². The molecule has 0 amide bonds. The van der Waals surface area contributed by atoms with Crippen LogP contribution in [0.25, 0.3) is 0 Å². The predicted octanol–water partition coefficient (Wildman–Crippen LogP) is 3.67. The van der Waals surface area contributed by atoms with Crippen LogP contribution in [0.15, 0.2) is 35.4 Å². The molecule has 0 bridgehead atoms. The Labute approximate surface area is 123 Å². The number of rotatable bonds is 5. The highest BCUT2D eigenvalue weighted by Gasteiger charge is 2.26. The van der Waals surface area contributed by atoms with Gasteiger partial charge in [0.2, 0.25) is 0 Å². The van der Waals surface area contributed by atoms with Gasteiger partial charge in [-0.2, -0.15) is 0 Å². The van der Waals surface area contributed by atoms with Crippen molar-refractivity contribution in [3.05, 3.63) is 40.3 Å². The van der Waals surface area contributed by atoms with Gasteiger partial charge in [-0.1, -0.05) is 0 Å². The molecule has 1 aliphatic rings. The summed E-state index contributed by atoms with van der Waals surface area (Å²) in [5, 5.41) is 4.59. The second-order valence-electron chi connectivity index (χ2n) is 5.16. The van der Waals surface area contributed by atoms with E-state index in [-0.39, 0.29) is 0 Å². The Balaban J connectivity index is 1.62. The number of nitrogens with one attached hydrogen (secondary N) is 2. The first-order valence-corrected chi connectivity index (χ1v) is 9.33. The van der Waals surface area contributed by atoms with E-state index in [4.69, 9.17) is 4.78 Å². The van der Waals surface area contributed by atoms with Crippen molar-refractivity contribution < 1.29 is 4.21 Å². The average molecular weight is 307 g/mol. The Bertz CT molecular complexity index is 700. The van der Waals surface area contributed by atoms with Gasteiger partial charge in [0.25, 0.3) is 0 Å². The Morgan fingerprint density at radius 1 is 1.40 bits per heavy atom. The van der Waals surface area contributed by atoms with E-state index in [0.717, 1.165) is 12.2 Å². The molecule has 0 saturated heterocycles. The highest BCUT2D eigenvalue weighted by Crippen LogP contribution is 2.41. The molecule has 6 heteroatoms. The molecule has 1 unspecified atom stereocenters. The van der Waals surface area contributed by atoms with Crippen molar-refractivity contribution in [1.82, 2.24) is 4.98 Å². The number of hydrogen-bond acceptors (Lipinski definition) is 5. The van der Waals surface area contributed by atoms with Crippen molar-refractivity contribution >= 4 is 26.8 Å². The third-order valence-electron chi connectivity index (χ3n) is 3.27. The summed E-state index contributed by atoms with van der Waals surface area (Å²) in [6, 6.07) is 7.24. The van der Waals surface area contributed by atoms with Crippen molar-refractivity contribution in [2.45, 2.75) is 30.2 Å². The van der Waals surface area contributed by atoms with Gasteiger partial charge in [0.05, 0.1) is 21.3 Å². The summed E-state index contributed by atoms with van der Waals surface area (Å²) in [4.78, 5) is 6.25. The SMILES string of the molecule is CS(=N)(=O)c1ccc(NCc2cnc(C3CC3)s2)cc1. The summed E-state index contributed by atoms with van der Waals surface area (Å²) in [5.74, 6) is 0.711. The van der Waals surface area contributed by atoms with Crippen LogP contribution in [0.3, 0.4) is 0 Å². The fourth-order valence-electron chi connectivity index (χ4n) is 1.95. The first kappa shape index (κ1) is 13.6. The highest BCUT2D eigenvalue weighted by atomic mass is 32.2. The highest BCUT2D eigenvalue weighted by molar-refractivity contribution is 7.91. The molecule has 2 N–H and O–H groups in total. The van der Waals surface area contributed by atoms with Gasteiger partial charge in [-0.25, -0.2) is 14.0 Å². The lowest BCUT2D eigenvalue weighted by Crippen LogP contribution is -1.99. The van der Waals surface area contributed by atoms with E-state index in [1.165, 1.54) is 29.0 Å². The summed E-state index contributed by atoms with van der Waals surface area (Å²) in [5.41, 5.74) is 0.971. The first-order chi connectivity index (χ1) is 9.52. The Morgan fingerprint density at radius 2 is 2.10 bits per heavy atom. The maximum absolute atomic E-state index is 11.6. The first-order valence-electron chi connectivity index (χ1n) is 6.55. The molecule has 1 aliphatic carbocycles. The lowest BCUT2D eigenvalue weighted by atomic mass is 10.3. The monoisotopic (exact) mass is 307 g/mol. The number of thiazole rings is 1. The summed E-state index contributed by atoms with van der Waals surface area (Å²) in [6.07, 6.45) is 5.95. The van der Waals surface area contributed by atoms with E-state index in [2.05, 4.69) is 10.3 Å². The predicted molar refractivity (Wildman–Crippen MR) is 82.9 cm³/mol. The van der Waals surface area contributed by atoms with Gasteiger partial charge in [-0.15, -0.1) is 11.3 Å². The van der Waals surface area contributed by atoms with Gasteiger partial charge >= 0.3 is 0 Å². The number of anilines is 1. The molecule has 4 nitrogen and oxygen atoms in total. The van der Waals surface area contributed by atoms with Gasteiger partial charge in [0.1, 0.15) is 0 Å². The lowest BCUT2D eigenvalue weighted by molar-refractivity contribution is 0.679. The summed E-state index contributed by atoms with van der Waals surface area (Å²) in [7, 11) is -2.62. The van der Waals surface area contributed by atoms with Gasteiger partial charge in [0.15, 0.2) is 0 Å². The minimum atomic E-state index is -2.62. The van der Waals surface area contributed by atoms with E-state index in [1.54, 1.807) is 23.5 Å². The molecular weight excluding hydrogens is 290 g/mol. The zero-order valence-electron chi connectivity index (χ0n) is 11.3. The molecule has 2 aromatic rings. The number of nitrogens with zero attached hydrogens (tertiary/aromatic N) is 1. The number of hydrogen-bond donors (Lipinski definition) is 2. The molecule has 106 valence electrons. The quantitative estimate of drug-likeness (QED) is 0.885. The molecule has 0 aliphatic heterocycles. The van der Waals surface area contributed by atoms with Gasteiger partial charge < -0.3 is 5.32 Å². The Morgan fingerprint density at radius 3 is 2.70 bits per heavy atom. The molecule has 1 atom stereocenters. The molecule has 1 saturated carbocycles. The van der Waals surface area contributed by atoms with Crippen LogP contribution in [0.5, 0.6) is 0 Å². The van der Waals surface area contributed by atoms with Gasteiger partial charge in [0, 0.05) is 33.8 Å². The number of benzene rings is 1. The van der Waals surface area contributed by atoms with Crippen LogP contribution in [0.2, 0.25) is 0 Å². The summed E-state index contributed by atoms with van der Waals surface area (Å²) in [6.45, 7) is 0.756. The van der Waals surface area contributed by atoms with Crippen LogP contribution in [0, 0.1) is 4.78 Å². The van der Waals surface area contributed by atoms with Crippen LogP contribution >= 0.6 is 11.3 Å². The third-order valence-corrected chi connectivity index (χ3v) is 5.60. The van der Waals surface area contributed by atoms with E-state index in [9.17, 15) is 4.21 Å². The second-order valence-corrected chi connectivity index (χ2v) is 8.47. The normalized spacial score (nSPS) is 17.6. The molecule has 1 aromatic carbocycles. The van der Waals surface area contributed by atoms with E-state index < -0.39 is 9.73 Å².